The number of esters is 1. The lowest BCUT2D eigenvalue weighted by Gasteiger charge is -2.11. The van der Waals surface area contributed by atoms with E-state index >= 15 is 0 Å². The molecule has 24 heavy (non-hydrogen) atoms. The molecular formula is C18H20N2O4. The van der Waals surface area contributed by atoms with Crippen LogP contribution in [0.25, 0.3) is 0 Å². The van der Waals surface area contributed by atoms with Crippen molar-refractivity contribution >= 4 is 17.7 Å². The zero-order valence-electron chi connectivity index (χ0n) is 13.7. The number of rotatable bonds is 6. The van der Waals surface area contributed by atoms with E-state index in [-0.39, 0.29) is 0 Å². The Kier molecular flexibility index (Phi) is 6.19. The largest absolute Gasteiger partial charge is 0.494 e. The smallest absolute Gasteiger partial charge is 0.339 e. The average molecular weight is 328 g/mol. The van der Waals surface area contributed by atoms with E-state index in [1.807, 2.05) is 31.2 Å². The number of ether oxygens (including phenoxy) is 2. The number of carbonyl (C=O) groups excluding carboxylic acids is 2. The number of hydrogen-bond donors (Lipinski definition) is 2. The van der Waals surface area contributed by atoms with E-state index in [9.17, 15) is 9.59 Å². The Bertz CT molecular complexity index is 698. The number of urea groups is 1. The fourth-order valence-corrected chi connectivity index (χ4v) is 2.10. The maximum atomic E-state index is 12.0. The summed E-state index contributed by atoms with van der Waals surface area (Å²) < 4.78 is 10.1. The lowest BCUT2D eigenvalue weighted by molar-refractivity contribution is 0.0602. The minimum atomic E-state index is -0.502. The van der Waals surface area contributed by atoms with Crippen LogP contribution in [-0.4, -0.2) is 25.7 Å². The Hall–Kier alpha value is -3.02. The summed E-state index contributed by atoms with van der Waals surface area (Å²) in [5.74, 6) is 0.287. The number of para-hydroxylation sites is 1. The zero-order chi connectivity index (χ0) is 17.4. The van der Waals surface area contributed by atoms with Gasteiger partial charge in [-0.1, -0.05) is 24.3 Å². The molecule has 2 amide bonds. The molecule has 0 fully saturated rings. The Balaban J connectivity index is 1.93. The van der Waals surface area contributed by atoms with Crippen molar-refractivity contribution in [1.29, 1.82) is 0 Å². The highest BCUT2D eigenvalue weighted by Crippen LogP contribution is 2.16. The predicted octanol–water partition coefficient (Wildman–Crippen LogP) is 3.19. The van der Waals surface area contributed by atoms with Crippen LogP contribution in [-0.2, 0) is 11.3 Å². The van der Waals surface area contributed by atoms with E-state index in [4.69, 9.17) is 9.47 Å². The van der Waals surface area contributed by atoms with Gasteiger partial charge in [0.05, 0.1) is 25.0 Å². The molecule has 0 saturated carbocycles. The van der Waals surface area contributed by atoms with Crippen LogP contribution in [0.15, 0.2) is 48.5 Å². The number of nitrogens with one attached hydrogen (secondary N) is 2. The first-order valence-electron chi connectivity index (χ1n) is 7.58. The Morgan fingerprint density at radius 1 is 1.04 bits per heavy atom. The molecule has 126 valence electrons. The lowest BCUT2D eigenvalue weighted by Crippen LogP contribution is -2.29. The molecule has 2 N–H and O–H groups in total. The van der Waals surface area contributed by atoms with Crippen LogP contribution >= 0.6 is 0 Å². The second-order valence-corrected chi connectivity index (χ2v) is 4.92. The van der Waals surface area contributed by atoms with Gasteiger partial charge in [0.1, 0.15) is 5.75 Å². The molecule has 0 radical (unpaired) electrons. The molecule has 0 atom stereocenters. The van der Waals surface area contributed by atoms with Crippen molar-refractivity contribution in [2.45, 2.75) is 13.5 Å². The highest BCUT2D eigenvalue weighted by Gasteiger charge is 2.12. The third-order valence-corrected chi connectivity index (χ3v) is 3.27. The summed E-state index contributed by atoms with van der Waals surface area (Å²) in [6.07, 6.45) is 0. The molecule has 0 aliphatic heterocycles. The van der Waals surface area contributed by atoms with E-state index in [0.717, 1.165) is 11.3 Å². The summed E-state index contributed by atoms with van der Waals surface area (Å²) in [4.78, 5) is 23.7. The van der Waals surface area contributed by atoms with Gasteiger partial charge in [-0.15, -0.1) is 0 Å². The van der Waals surface area contributed by atoms with Gasteiger partial charge in [0.15, 0.2) is 0 Å². The number of methoxy groups -OCH3 is 1. The highest BCUT2D eigenvalue weighted by atomic mass is 16.5. The summed E-state index contributed by atoms with van der Waals surface area (Å²) >= 11 is 0. The molecule has 0 heterocycles. The number of hydrogen-bond acceptors (Lipinski definition) is 4. The van der Waals surface area contributed by atoms with E-state index in [2.05, 4.69) is 10.6 Å². The van der Waals surface area contributed by atoms with E-state index < -0.39 is 12.0 Å². The third-order valence-electron chi connectivity index (χ3n) is 3.27. The van der Waals surface area contributed by atoms with Crippen molar-refractivity contribution in [3.63, 3.8) is 0 Å². The van der Waals surface area contributed by atoms with Gasteiger partial charge in [0.2, 0.25) is 0 Å². The van der Waals surface area contributed by atoms with Gasteiger partial charge in [-0.3, -0.25) is 0 Å². The van der Waals surface area contributed by atoms with E-state index in [1.54, 1.807) is 24.3 Å². The third kappa shape index (κ3) is 4.74. The summed E-state index contributed by atoms with van der Waals surface area (Å²) in [7, 11) is 1.30. The molecular weight excluding hydrogens is 308 g/mol. The molecule has 2 aromatic rings. The molecule has 6 heteroatoms. The SMILES string of the molecule is CCOc1ccc(CNC(=O)Nc2ccccc2C(=O)OC)cc1. The molecule has 0 spiro atoms. The molecule has 0 unspecified atom stereocenters. The zero-order valence-corrected chi connectivity index (χ0v) is 13.7. The van der Waals surface area contributed by atoms with Gasteiger partial charge in [-0.05, 0) is 36.8 Å². The van der Waals surface area contributed by atoms with Crippen LogP contribution in [0.3, 0.4) is 0 Å². The van der Waals surface area contributed by atoms with Crippen molar-refractivity contribution < 1.29 is 19.1 Å². The average Bonchev–Trinajstić information content (AvgIpc) is 2.61. The molecule has 2 rings (SSSR count). The summed E-state index contributed by atoms with van der Waals surface area (Å²) in [5.41, 5.74) is 1.64. The Labute approximate surface area is 140 Å². The Morgan fingerprint density at radius 3 is 2.42 bits per heavy atom. The Morgan fingerprint density at radius 2 is 1.75 bits per heavy atom. The molecule has 0 saturated heterocycles. The minimum absolute atomic E-state index is 0.302. The van der Waals surface area contributed by atoms with Crippen molar-refractivity contribution in [2.24, 2.45) is 0 Å². The molecule has 0 aromatic heterocycles. The lowest BCUT2D eigenvalue weighted by atomic mass is 10.2. The predicted molar refractivity (Wildman–Crippen MR) is 91.3 cm³/mol. The van der Waals surface area contributed by atoms with E-state index in [0.29, 0.717) is 24.4 Å². The second-order valence-electron chi connectivity index (χ2n) is 4.92. The van der Waals surface area contributed by atoms with Crippen LogP contribution in [0.5, 0.6) is 5.75 Å². The summed E-state index contributed by atoms with van der Waals surface area (Å²) in [6, 6.07) is 13.7. The van der Waals surface area contributed by atoms with Crippen molar-refractivity contribution in [3.05, 3.63) is 59.7 Å². The van der Waals surface area contributed by atoms with Gasteiger partial charge < -0.3 is 20.1 Å². The van der Waals surface area contributed by atoms with Crippen molar-refractivity contribution in [3.8, 4) is 5.75 Å². The number of carbonyl (C=O) groups is 2. The monoisotopic (exact) mass is 328 g/mol. The quantitative estimate of drug-likeness (QED) is 0.799. The number of anilines is 1. The van der Waals surface area contributed by atoms with Crippen LogP contribution in [0, 0.1) is 0 Å². The van der Waals surface area contributed by atoms with Gasteiger partial charge in [0.25, 0.3) is 0 Å². The molecule has 6 nitrogen and oxygen atoms in total. The first kappa shape index (κ1) is 17.3. The van der Waals surface area contributed by atoms with Crippen molar-refractivity contribution in [1.82, 2.24) is 5.32 Å². The second kappa shape index (κ2) is 8.57. The molecule has 0 aliphatic rings. The fraction of sp³-hybridized carbons (Fsp3) is 0.222. The van der Waals surface area contributed by atoms with Crippen LogP contribution in [0.1, 0.15) is 22.8 Å². The molecule has 0 aliphatic carbocycles. The normalized spacial score (nSPS) is 9.92. The van der Waals surface area contributed by atoms with Gasteiger partial charge in [-0.25, -0.2) is 9.59 Å². The maximum absolute atomic E-state index is 12.0. The van der Waals surface area contributed by atoms with Crippen LogP contribution in [0.2, 0.25) is 0 Å². The van der Waals surface area contributed by atoms with Crippen LogP contribution < -0.4 is 15.4 Å². The van der Waals surface area contributed by atoms with Gasteiger partial charge >= 0.3 is 12.0 Å². The first-order chi connectivity index (χ1) is 11.6. The minimum Gasteiger partial charge on any atom is -0.494 e. The highest BCUT2D eigenvalue weighted by molar-refractivity contribution is 6.00. The number of amides is 2. The van der Waals surface area contributed by atoms with E-state index in [1.165, 1.54) is 7.11 Å². The summed E-state index contributed by atoms with van der Waals surface area (Å²) in [5, 5.41) is 5.39. The standard InChI is InChI=1S/C18H20N2O4/c1-3-24-14-10-8-13(9-11-14)12-19-18(22)20-16-7-5-4-6-15(16)17(21)23-2/h4-11H,3,12H2,1-2H3,(H2,19,20,22). The summed E-state index contributed by atoms with van der Waals surface area (Å²) in [6.45, 7) is 2.89. The van der Waals surface area contributed by atoms with Gasteiger partial charge in [-0.2, -0.15) is 0 Å². The maximum Gasteiger partial charge on any atom is 0.339 e. The van der Waals surface area contributed by atoms with Gasteiger partial charge in [0, 0.05) is 6.54 Å². The fourth-order valence-electron chi connectivity index (χ4n) is 2.10. The van der Waals surface area contributed by atoms with Crippen LogP contribution in [0.4, 0.5) is 10.5 Å². The number of benzene rings is 2. The molecule has 0 bridgehead atoms. The first-order valence-corrected chi connectivity index (χ1v) is 7.58. The molecule has 2 aromatic carbocycles. The topological polar surface area (TPSA) is 76.7 Å². The van der Waals surface area contributed by atoms with Crippen molar-refractivity contribution in [2.75, 3.05) is 19.0 Å².